The van der Waals surface area contributed by atoms with Crippen LogP contribution in [0.4, 0.5) is 9.52 Å². The van der Waals surface area contributed by atoms with Crippen molar-refractivity contribution in [1.29, 1.82) is 0 Å². The molecule has 0 aliphatic rings. The van der Waals surface area contributed by atoms with Gasteiger partial charge in [-0.25, -0.2) is 9.37 Å². The first-order chi connectivity index (χ1) is 11.7. The van der Waals surface area contributed by atoms with Crippen LogP contribution in [0.15, 0.2) is 60.8 Å². The molecule has 4 nitrogen and oxygen atoms in total. The zero-order valence-electron chi connectivity index (χ0n) is 12.7. The maximum atomic E-state index is 13.4. The molecule has 0 saturated carbocycles. The van der Waals surface area contributed by atoms with E-state index in [1.54, 1.807) is 18.3 Å². The Morgan fingerprint density at radius 1 is 1.12 bits per heavy atom. The number of halogens is 1. The van der Waals surface area contributed by atoms with Crippen LogP contribution in [0.3, 0.4) is 0 Å². The van der Waals surface area contributed by atoms with E-state index in [9.17, 15) is 9.18 Å². The van der Waals surface area contributed by atoms with Crippen LogP contribution in [0.2, 0.25) is 0 Å². The number of carbonyl (C=O) groups is 1. The van der Waals surface area contributed by atoms with E-state index in [1.165, 1.54) is 29.0 Å². The number of hydrogen-bond acceptors (Lipinski definition) is 4. The monoisotopic (exact) mass is 342 g/mol. The number of aromatic nitrogens is 1. The number of nitrogens with one attached hydrogen (secondary N) is 1. The molecule has 3 rings (SSSR count). The summed E-state index contributed by atoms with van der Waals surface area (Å²) in [4.78, 5) is 17.1. The molecule has 122 valence electrons. The minimum atomic E-state index is -0.496. The molecule has 24 heavy (non-hydrogen) atoms. The normalized spacial score (nSPS) is 10.4. The average Bonchev–Trinajstić information content (AvgIpc) is 3.02. The van der Waals surface area contributed by atoms with E-state index >= 15 is 0 Å². The number of benzene rings is 2. The molecule has 0 atom stereocenters. The number of anilines is 1. The van der Waals surface area contributed by atoms with Crippen LogP contribution in [0.25, 0.3) is 0 Å². The summed E-state index contributed by atoms with van der Waals surface area (Å²) in [5.74, 6) is -0.819. The second-order valence-corrected chi connectivity index (χ2v) is 6.18. The topological polar surface area (TPSA) is 51.2 Å². The van der Waals surface area contributed by atoms with Crippen LogP contribution in [0.5, 0.6) is 5.75 Å². The quantitative estimate of drug-likeness (QED) is 0.739. The molecule has 0 fully saturated rings. The minimum absolute atomic E-state index is 0.0524. The maximum Gasteiger partial charge on any atom is 0.264 e. The largest absolute Gasteiger partial charge is 0.481 e. The number of nitrogens with zero attached hydrogens (tertiary/aromatic N) is 1. The van der Waals surface area contributed by atoms with Crippen molar-refractivity contribution in [3.8, 4) is 5.75 Å². The molecule has 0 saturated heterocycles. The lowest BCUT2D eigenvalue weighted by Crippen LogP contribution is -2.20. The van der Waals surface area contributed by atoms with Crippen molar-refractivity contribution >= 4 is 22.4 Å². The molecule has 0 spiro atoms. The minimum Gasteiger partial charge on any atom is -0.481 e. The summed E-state index contributed by atoms with van der Waals surface area (Å²) in [5, 5.41) is 3.16. The Hall–Kier alpha value is -2.73. The predicted octanol–water partition coefficient (Wildman–Crippen LogP) is 3.89. The fourth-order valence-corrected chi connectivity index (χ4v) is 2.97. The van der Waals surface area contributed by atoms with Crippen LogP contribution in [-0.4, -0.2) is 17.5 Å². The molecule has 0 unspecified atom stereocenters. The first kappa shape index (κ1) is 16.1. The molecule has 0 radical (unpaired) electrons. The molecule has 1 aromatic heterocycles. The highest BCUT2D eigenvalue weighted by Crippen LogP contribution is 2.21. The Morgan fingerprint density at radius 2 is 1.88 bits per heavy atom. The van der Waals surface area contributed by atoms with Gasteiger partial charge in [-0.05, 0) is 17.7 Å². The Labute approximate surface area is 142 Å². The second-order valence-electron chi connectivity index (χ2n) is 5.06. The van der Waals surface area contributed by atoms with Gasteiger partial charge >= 0.3 is 0 Å². The number of thiazole rings is 1. The zero-order chi connectivity index (χ0) is 16.8. The summed E-state index contributed by atoms with van der Waals surface area (Å²) in [6.07, 6.45) is 2.51. The van der Waals surface area contributed by atoms with E-state index in [-0.39, 0.29) is 18.3 Å². The van der Waals surface area contributed by atoms with E-state index < -0.39 is 5.82 Å². The van der Waals surface area contributed by atoms with Crippen molar-refractivity contribution in [2.75, 3.05) is 11.9 Å². The van der Waals surface area contributed by atoms with Crippen molar-refractivity contribution in [1.82, 2.24) is 4.98 Å². The molecule has 0 aliphatic carbocycles. The molecule has 1 N–H and O–H groups in total. The smallest absolute Gasteiger partial charge is 0.264 e. The summed E-state index contributed by atoms with van der Waals surface area (Å²) in [7, 11) is 0. The lowest BCUT2D eigenvalue weighted by Gasteiger charge is -2.06. The van der Waals surface area contributed by atoms with Crippen LogP contribution in [0.1, 0.15) is 10.4 Å². The highest BCUT2D eigenvalue weighted by atomic mass is 32.1. The van der Waals surface area contributed by atoms with E-state index in [2.05, 4.69) is 10.3 Å². The third-order valence-electron chi connectivity index (χ3n) is 3.22. The third kappa shape index (κ3) is 4.39. The van der Waals surface area contributed by atoms with Gasteiger partial charge in [0.25, 0.3) is 5.91 Å². The maximum absolute atomic E-state index is 13.4. The zero-order valence-corrected chi connectivity index (χ0v) is 13.6. The highest BCUT2D eigenvalue weighted by Gasteiger charge is 2.09. The Balaban J connectivity index is 1.53. The lowest BCUT2D eigenvalue weighted by molar-refractivity contribution is -0.118. The van der Waals surface area contributed by atoms with Gasteiger partial charge in [0, 0.05) is 17.5 Å². The van der Waals surface area contributed by atoms with Crippen molar-refractivity contribution in [2.45, 2.75) is 6.42 Å². The van der Waals surface area contributed by atoms with Gasteiger partial charge in [-0.3, -0.25) is 10.1 Å². The van der Waals surface area contributed by atoms with Crippen LogP contribution >= 0.6 is 11.3 Å². The summed E-state index contributed by atoms with van der Waals surface area (Å²) >= 11 is 1.41. The van der Waals surface area contributed by atoms with Crippen molar-refractivity contribution in [3.63, 3.8) is 0 Å². The van der Waals surface area contributed by atoms with Gasteiger partial charge in [0.05, 0.1) is 0 Å². The number of amides is 1. The van der Waals surface area contributed by atoms with E-state index in [4.69, 9.17) is 4.74 Å². The van der Waals surface area contributed by atoms with Gasteiger partial charge in [0.1, 0.15) is 0 Å². The van der Waals surface area contributed by atoms with E-state index in [1.807, 2.05) is 30.3 Å². The fraction of sp³-hybridized carbons (Fsp3) is 0.111. The van der Waals surface area contributed by atoms with Crippen LogP contribution in [-0.2, 0) is 11.2 Å². The summed E-state index contributed by atoms with van der Waals surface area (Å²) in [6.45, 7) is -0.269. The standard InChI is InChI=1S/C18H15FN2O2S/c19-15-8-4-5-9-16(15)23-12-17(22)21-18-20-11-14(24-18)10-13-6-2-1-3-7-13/h1-9,11H,10,12H2,(H,20,21,22). The Morgan fingerprint density at radius 3 is 2.67 bits per heavy atom. The van der Waals surface area contributed by atoms with E-state index in [0.717, 1.165) is 11.3 Å². The number of ether oxygens (including phenoxy) is 1. The van der Waals surface area contributed by atoms with Gasteiger partial charge in [-0.15, -0.1) is 11.3 Å². The van der Waals surface area contributed by atoms with Gasteiger partial charge in [0.2, 0.25) is 0 Å². The van der Waals surface area contributed by atoms with Crippen LogP contribution < -0.4 is 10.1 Å². The molecule has 6 heteroatoms. The SMILES string of the molecule is O=C(COc1ccccc1F)Nc1ncc(Cc2ccccc2)s1. The van der Waals surface area contributed by atoms with Gasteiger partial charge in [-0.1, -0.05) is 42.5 Å². The lowest BCUT2D eigenvalue weighted by atomic mass is 10.1. The summed E-state index contributed by atoms with van der Waals surface area (Å²) in [5.41, 5.74) is 1.18. The highest BCUT2D eigenvalue weighted by molar-refractivity contribution is 7.15. The number of rotatable bonds is 6. The molecule has 3 aromatic rings. The van der Waals surface area contributed by atoms with Crippen molar-refractivity contribution in [2.24, 2.45) is 0 Å². The van der Waals surface area contributed by atoms with Gasteiger partial charge < -0.3 is 4.74 Å². The molecular weight excluding hydrogens is 327 g/mol. The molecular formula is C18H15FN2O2S. The molecule has 0 aliphatic heterocycles. The van der Waals surface area contributed by atoms with Crippen molar-refractivity contribution < 1.29 is 13.9 Å². The predicted molar refractivity (Wildman–Crippen MR) is 91.9 cm³/mol. The summed E-state index contributed by atoms with van der Waals surface area (Å²) < 4.78 is 18.6. The fourth-order valence-electron chi connectivity index (χ4n) is 2.10. The first-order valence-electron chi connectivity index (χ1n) is 7.36. The molecule has 1 amide bonds. The van der Waals surface area contributed by atoms with E-state index in [0.29, 0.717) is 5.13 Å². The average molecular weight is 342 g/mol. The number of hydrogen-bond donors (Lipinski definition) is 1. The third-order valence-corrected chi connectivity index (χ3v) is 4.13. The Bertz CT molecular complexity index is 821. The molecule has 1 heterocycles. The van der Waals surface area contributed by atoms with Gasteiger partial charge in [-0.2, -0.15) is 0 Å². The molecule has 2 aromatic carbocycles. The molecule has 0 bridgehead atoms. The summed E-state index contributed by atoms with van der Waals surface area (Å²) in [6, 6.07) is 16.0. The number of carbonyl (C=O) groups excluding carboxylic acids is 1. The van der Waals surface area contributed by atoms with Gasteiger partial charge in [0.15, 0.2) is 23.3 Å². The van der Waals surface area contributed by atoms with Crippen LogP contribution in [0, 0.1) is 5.82 Å². The number of para-hydroxylation sites is 1. The Kier molecular flexibility index (Phi) is 5.18. The van der Waals surface area contributed by atoms with Crippen molar-refractivity contribution in [3.05, 3.63) is 77.1 Å². The second kappa shape index (κ2) is 7.70. The first-order valence-corrected chi connectivity index (χ1v) is 8.18.